The Morgan fingerprint density at radius 2 is 2.40 bits per heavy atom. The van der Waals surface area contributed by atoms with Gasteiger partial charge in [-0.05, 0) is 51.2 Å². The van der Waals surface area contributed by atoms with Crippen LogP contribution in [0.1, 0.15) is 39.0 Å². The Balaban J connectivity index is 1.53. The van der Waals surface area contributed by atoms with Crippen molar-refractivity contribution in [3.05, 3.63) is 35.8 Å². The first-order chi connectivity index (χ1) is 12.3. The standard InChI is InChI=1S/C19H28FN5/c1-2-21-19(23-12-9-15-6-3-4-7-15)24-16-10-13-25(14-16)18-17(20)8-5-11-22-18/h5-6,8,11,16H,2-4,7,9-10,12-14H2,1H3,(H2,21,23,24). The van der Waals surface area contributed by atoms with E-state index in [0.717, 1.165) is 45.0 Å². The highest BCUT2D eigenvalue weighted by Gasteiger charge is 2.25. The molecule has 3 rings (SSSR count). The molecule has 0 amide bonds. The first-order valence-electron chi connectivity index (χ1n) is 9.34. The van der Waals surface area contributed by atoms with Crippen molar-refractivity contribution in [2.75, 3.05) is 31.1 Å². The maximum Gasteiger partial charge on any atom is 0.191 e. The number of nitrogens with one attached hydrogen (secondary N) is 2. The average molecular weight is 345 g/mol. The summed E-state index contributed by atoms with van der Waals surface area (Å²) in [5.74, 6) is 1.05. The van der Waals surface area contributed by atoms with Gasteiger partial charge in [0.15, 0.2) is 17.6 Å². The van der Waals surface area contributed by atoms with E-state index in [1.165, 1.54) is 30.9 Å². The fourth-order valence-corrected chi connectivity index (χ4v) is 3.47. The number of rotatable bonds is 6. The van der Waals surface area contributed by atoms with Gasteiger partial charge in [-0.15, -0.1) is 0 Å². The summed E-state index contributed by atoms with van der Waals surface area (Å²) in [5, 5.41) is 6.80. The molecule has 136 valence electrons. The molecule has 0 spiro atoms. The molecule has 1 aromatic heterocycles. The van der Waals surface area contributed by atoms with Gasteiger partial charge in [0.1, 0.15) is 0 Å². The third kappa shape index (κ3) is 4.94. The van der Waals surface area contributed by atoms with Gasteiger partial charge < -0.3 is 15.5 Å². The minimum Gasteiger partial charge on any atom is -0.357 e. The lowest BCUT2D eigenvalue weighted by Gasteiger charge is -2.20. The number of nitrogens with zero attached hydrogens (tertiary/aromatic N) is 3. The molecule has 1 fully saturated rings. The molecule has 0 bridgehead atoms. The molecule has 1 aliphatic heterocycles. The van der Waals surface area contributed by atoms with E-state index >= 15 is 0 Å². The van der Waals surface area contributed by atoms with Gasteiger partial charge in [-0.2, -0.15) is 0 Å². The van der Waals surface area contributed by atoms with E-state index in [-0.39, 0.29) is 11.9 Å². The van der Waals surface area contributed by atoms with E-state index in [0.29, 0.717) is 5.82 Å². The number of hydrogen-bond acceptors (Lipinski definition) is 3. The normalized spacial score (nSPS) is 20.7. The highest BCUT2D eigenvalue weighted by atomic mass is 19.1. The van der Waals surface area contributed by atoms with Crippen molar-refractivity contribution >= 4 is 11.8 Å². The summed E-state index contributed by atoms with van der Waals surface area (Å²) < 4.78 is 13.9. The van der Waals surface area contributed by atoms with Gasteiger partial charge in [-0.1, -0.05) is 11.6 Å². The summed E-state index contributed by atoms with van der Waals surface area (Å²) in [6.07, 6.45) is 9.73. The lowest BCUT2D eigenvalue weighted by Crippen LogP contribution is -2.44. The van der Waals surface area contributed by atoms with Crippen LogP contribution in [0.2, 0.25) is 0 Å². The third-order valence-electron chi connectivity index (χ3n) is 4.75. The molecule has 5 nitrogen and oxygen atoms in total. The van der Waals surface area contributed by atoms with Gasteiger partial charge in [0.25, 0.3) is 0 Å². The van der Waals surface area contributed by atoms with E-state index in [9.17, 15) is 4.39 Å². The first-order valence-corrected chi connectivity index (χ1v) is 9.34. The van der Waals surface area contributed by atoms with Crippen molar-refractivity contribution in [2.24, 2.45) is 4.99 Å². The average Bonchev–Trinajstić information content (AvgIpc) is 3.27. The van der Waals surface area contributed by atoms with E-state index in [1.54, 1.807) is 12.3 Å². The van der Waals surface area contributed by atoms with Crippen LogP contribution in [0, 0.1) is 5.82 Å². The molecule has 1 aliphatic carbocycles. The molecule has 1 aromatic rings. The number of allylic oxidation sites excluding steroid dienone is 1. The Bertz CT molecular complexity index is 628. The van der Waals surface area contributed by atoms with Gasteiger partial charge in [0.2, 0.25) is 0 Å². The minimum absolute atomic E-state index is 0.255. The number of hydrogen-bond donors (Lipinski definition) is 2. The highest BCUT2D eigenvalue weighted by Crippen LogP contribution is 2.21. The van der Waals surface area contributed by atoms with E-state index < -0.39 is 0 Å². The molecule has 2 heterocycles. The molecule has 6 heteroatoms. The Morgan fingerprint density at radius 3 is 3.16 bits per heavy atom. The molecular weight excluding hydrogens is 317 g/mol. The van der Waals surface area contributed by atoms with Crippen LogP contribution in [-0.4, -0.2) is 43.2 Å². The number of pyridine rings is 1. The number of aromatic nitrogens is 1. The lowest BCUT2D eigenvalue weighted by molar-refractivity contribution is 0.612. The second-order valence-electron chi connectivity index (χ2n) is 6.65. The predicted octanol–water partition coefficient (Wildman–Crippen LogP) is 2.85. The summed E-state index contributed by atoms with van der Waals surface area (Å²) in [7, 11) is 0. The summed E-state index contributed by atoms with van der Waals surface area (Å²) in [4.78, 5) is 10.9. The quantitative estimate of drug-likeness (QED) is 0.473. The maximum absolute atomic E-state index is 13.9. The van der Waals surface area contributed by atoms with Crippen molar-refractivity contribution in [3.63, 3.8) is 0 Å². The van der Waals surface area contributed by atoms with Crippen molar-refractivity contribution < 1.29 is 4.39 Å². The number of aliphatic imine (C=N–C) groups is 1. The molecule has 0 saturated carbocycles. The largest absolute Gasteiger partial charge is 0.357 e. The van der Waals surface area contributed by atoms with Crippen molar-refractivity contribution in [2.45, 2.75) is 45.1 Å². The van der Waals surface area contributed by atoms with Crippen LogP contribution in [0.15, 0.2) is 35.0 Å². The van der Waals surface area contributed by atoms with Gasteiger partial charge in [-0.3, -0.25) is 4.99 Å². The monoisotopic (exact) mass is 345 g/mol. The maximum atomic E-state index is 13.9. The van der Waals surface area contributed by atoms with Crippen molar-refractivity contribution in [1.29, 1.82) is 0 Å². The number of anilines is 1. The second-order valence-corrected chi connectivity index (χ2v) is 6.65. The van der Waals surface area contributed by atoms with Crippen LogP contribution in [0.3, 0.4) is 0 Å². The van der Waals surface area contributed by atoms with E-state index in [4.69, 9.17) is 4.99 Å². The molecule has 0 aromatic carbocycles. The zero-order valence-electron chi connectivity index (χ0n) is 15.0. The number of guanidine groups is 1. The highest BCUT2D eigenvalue weighted by molar-refractivity contribution is 5.80. The van der Waals surface area contributed by atoms with Crippen LogP contribution in [0.25, 0.3) is 0 Å². The fraction of sp³-hybridized carbons (Fsp3) is 0.579. The smallest absolute Gasteiger partial charge is 0.191 e. The van der Waals surface area contributed by atoms with Crippen LogP contribution >= 0.6 is 0 Å². The molecule has 2 N–H and O–H groups in total. The minimum atomic E-state index is -0.256. The van der Waals surface area contributed by atoms with Gasteiger partial charge in [0, 0.05) is 38.4 Å². The van der Waals surface area contributed by atoms with E-state index in [2.05, 4.69) is 28.6 Å². The zero-order valence-corrected chi connectivity index (χ0v) is 15.0. The molecule has 1 atom stereocenters. The van der Waals surface area contributed by atoms with Crippen LogP contribution in [0.5, 0.6) is 0 Å². The topological polar surface area (TPSA) is 52.6 Å². The summed E-state index contributed by atoms with van der Waals surface area (Å²) >= 11 is 0. The van der Waals surface area contributed by atoms with Crippen LogP contribution < -0.4 is 15.5 Å². The number of halogens is 1. The van der Waals surface area contributed by atoms with Crippen LogP contribution in [0.4, 0.5) is 10.2 Å². The van der Waals surface area contributed by atoms with Crippen molar-refractivity contribution in [1.82, 2.24) is 15.6 Å². The zero-order chi connectivity index (χ0) is 17.5. The molecular formula is C19H28FN5. The summed E-state index contributed by atoms with van der Waals surface area (Å²) in [5.41, 5.74) is 1.54. The van der Waals surface area contributed by atoms with Crippen molar-refractivity contribution in [3.8, 4) is 0 Å². The Labute approximate surface area is 149 Å². The molecule has 1 saturated heterocycles. The third-order valence-corrected chi connectivity index (χ3v) is 4.75. The van der Waals surface area contributed by atoms with Gasteiger partial charge in [0.05, 0.1) is 0 Å². The summed E-state index contributed by atoms with van der Waals surface area (Å²) in [6, 6.07) is 3.34. The van der Waals surface area contributed by atoms with Gasteiger partial charge in [-0.25, -0.2) is 9.37 Å². The predicted molar refractivity (Wildman–Crippen MR) is 100 cm³/mol. The molecule has 0 radical (unpaired) electrons. The summed E-state index contributed by atoms with van der Waals surface area (Å²) in [6.45, 7) is 5.26. The van der Waals surface area contributed by atoms with E-state index in [1.807, 2.05) is 4.90 Å². The van der Waals surface area contributed by atoms with Gasteiger partial charge >= 0.3 is 0 Å². The lowest BCUT2D eigenvalue weighted by atomic mass is 10.2. The fourth-order valence-electron chi connectivity index (χ4n) is 3.47. The Morgan fingerprint density at radius 1 is 1.48 bits per heavy atom. The second kappa shape index (κ2) is 8.83. The molecule has 1 unspecified atom stereocenters. The van der Waals surface area contributed by atoms with Crippen LogP contribution in [-0.2, 0) is 0 Å². The Hall–Kier alpha value is -2.11. The Kier molecular flexibility index (Phi) is 6.25. The SMILES string of the molecule is CCNC(=NCCC1=CCCC1)NC1CCN(c2ncccc2F)C1. The first kappa shape index (κ1) is 17.7. The molecule has 25 heavy (non-hydrogen) atoms. The molecule has 2 aliphatic rings.